The highest BCUT2D eigenvalue weighted by Crippen LogP contribution is 2.32. The lowest BCUT2D eigenvalue weighted by Crippen LogP contribution is -2.27. The lowest BCUT2D eigenvalue weighted by atomic mass is 9.87. The molecule has 0 spiro atoms. The van der Waals surface area contributed by atoms with Crippen LogP contribution in [-0.2, 0) is 11.3 Å². The van der Waals surface area contributed by atoms with E-state index >= 15 is 0 Å². The van der Waals surface area contributed by atoms with Crippen molar-refractivity contribution in [1.82, 2.24) is 15.3 Å². The Morgan fingerprint density at radius 1 is 1.26 bits per heavy atom. The van der Waals surface area contributed by atoms with Gasteiger partial charge in [0.25, 0.3) is 5.56 Å². The van der Waals surface area contributed by atoms with Crippen molar-refractivity contribution < 1.29 is 4.79 Å². The van der Waals surface area contributed by atoms with E-state index in [1.54, 1.807) is 12.1 Å². The van der Waals surface area contributed by atoms with E-state index in [1.165, 1.54) is 19.3 Å². The molecule has 0 aliphatic heterocycles. The Labute approximate surface area is 164 Å². The number of carbonyl (C=O) groups excluding carboxylic acids is 1. The third-order valence-corrected chi connectivity index (χ3v) is 5.39. The summed E-state index contributed by atoms with van der Waals surface area (Å²) >= 11 is 6.38. The third-order valence-electron chi connectivity index (χ3n) is 5.06. The first-order valence-electron chi connectivity index (χ1n) is 9.62. The van der Waals surface area contributed by atoms with E-state index in [4.69, 9.17) is 16.6 Å². The number of hydrogen-bond acceptors (Lipinski definition) is 3. The smallest absolute Gasteiger partial charge is 0.251 e. The van der Waals surface area contributed by atoms with Crippen molar-refractivity contribution in [3.63, 3.8) is 0 Å². The van der Waals surface area contributed by atoms with Crippen LogP contribution in [0, 0.1) is 5.92 Å². The Kier molecular flexibility index (Phi) is 6.32. The molecule has 5 nitrogen and oxygen atoms in total. The molecule has 0 bridgehead atoms. The number of carbonyl (C=O) groups is 1. The largest absolute Gasteiger partial charge is 0.352 e. The van der Waals surface area contributed by atoms with Gasteiger partial charge in [-0.05, 0) is 30.5 Å². The Morgan fingerprint density at radius 3 is 2.70 bits per heavy atom. The minimum atomic E-state index is -0.157. The first-order chi connectivity index (χ1) is 12.9. The zero-order valence-electron chi connectivity index (χ0n) is 15.8. The molecule has 1 amide bonds. The van der Waals surface area contributed by atoms with E-state index in [9.17, 15) is 9.59 Å². The van der Waals surface area contributed by atoms with Crippen LogP contribution < -0.4 is 10.9 Å². The first kappa shape index (κ1) is 19.6. The first-order valence-corrected chi connectivity index (χ1v) is 9.99. The van der Waals surface area contributed by atoms with Crippen molar-refractivity contribution in [3.05, 3.63) is 50.9 Å². The fourth-order valence-corrected chi connectivity index (χ4v) is 3.68. The number of rotatable bonds is 5. The maximum atomic E-state index is 12.2. The number of nitrogens with zero attached hydrogens (tertiary/aromatic N) is 1. The molecule has 1 aromatic carbocycles. The molecular formula is C21H26ClN3O2. The zero-order chi connectivity index (χ0) is 19.4. The van der Waals surface area contributed by atoms with Gasteiger partial charge in [0.05, 0.1) is 10.7 Å². The highest BCUT2D eigenvalue weighted by Gasteiger charge is 2.19. The molecule has 6 heteroatoms. The number of aromatic nitrogens is 2. The van der Waals surface area contributed by atoms with Gasteiger partial charge in [-0.3, -0.25) is 9.59 Å². The molecule has 1 heterocycles. The summed E-state index contributed by atoms with van der Waals surface area (Å²) in [6.45, 7) is 4.12. The molecule has 0 saturated heterocycles. The number of H-pyrrole nitrogens is 1. The minimum Gasteiger partial charge on any atom is -0.352 e. The molecule has 1 aromatic heterocycles. The van der Waals surface area contributed by atoms with Crippen molar-refractivity contribution in [2.24, 2.45) is 5.92 Å². The number of aromatic amines is 1. The van der Waals surface area contributed by atoms with Crippen LogP contribution in [0.3, 0.4) is 0 Å². The summed E-state index contributed by atoms with van der Waals surface area (Å²) in [5.74, 6) is 0.761. The second-order valence-electron chi connectivity index (χ2n) is 7.54. The average Bonchev–Trinajstić information content (AvgIpc) is 2.67. The van der Waals surface area contributed by atoms with Crippen molar-refractivity contribution in [3.8, 4) is 11.4 Å². The summed E-state index contributed by atoms with van der Waals surface area (Å²) in [6, 6.07) is 7.14. The fraction of sp³-hybridized carbons (Fsp3) is 0.476. The molecule has 1 aliphatic rings. The molecule has 144 valence electrons. The molecule has 0 atom stereocenters. The van der Waals surface area contributed by atoms with Crippen molar-refractivity contribution in [1.29, 1.82) is 0 Å². The van der Waals surface area contributed by atoms with Crippen LogP contribution in [0.5, 0.6) is 0 Å². The number of halogens is 1. The summed E-state index contributed by atoms with van der Waals surface area (Å²) < 4.78 is 0. The van der Waals surface area contributed by atoms with Crippen LogP contribution in [0.1, 0.15) is 63.1 Å². The molecule has 3 rings (SSSR count). The Balaban J connectivity index is 1.88. The van der Waals surface area contributed by atoms with Gasteiger partial charge in [-0.25, -0.2) is 4.98 Å². The number of hydrogen-bond donors (Lipinski definition) is 2. The van der Waals surface area contributed by atoms with Crippen molar-refractivity contribution in [2.75, 3.05) is 0 Å². The minimum absolute atomic E-state index is 0.00247. The SMILES string of the molecule is CC(C)C(=O)NCc1ccc(Cl)c(-c2nc(C3CCCCC3)cc(=O)[nH]2)c1. The van der Waals surface area contributed by atoms with Gasteiger partial charge in [0.15, 0.2) is 0 Å². The van der Waals surface area contributed by atoms with Crippen LogP contribution in [0.4, 0.5) is 0 Å². The van der Waals surface area contributed by atoms with Gasteiger partial charge >= 0.3 is 0 Å². The number of nitrogens with one attached hydrogen (secondary N) is 2. The quantitative estimate of drug-likeness (QED) is 0.797. The molecule has 0 radical (unpaired) electrons. The lowest BCUT2D eigenvalue weighted by molar-refractivity contribution is -0.124. The van der Waals surface area contributed by atoms with E-state index in [1.807, 2.05) is 26.0 Å². The van der Waals surface area contributed by atoms with Gasteiger partial charge in [0, 0.05) is 30.0 Å². The summed E-state index contributed by atoms with van der Waals surface area (Å²) in [5.41, 5.74) is 2.29. The molecule has 2 N–H and O–H groups in total. The van der Waals surface area contributed by atoms with Gasteiger partial charge in [-0.2, -0.15) is 0 Å². The number of amides is 1. The summed E-state index contributed by atoms with van der Waals surface area (Å²) in [6.07, 6.45) is 5.76. The molecular weight excluding hydrogens is 362 g/mol. The summed E-state index contributed by atoms with van der Waals surface area (Å²) in [4.78, 5) is 31.6. The van der Waals surface area contributed by atoms with Gasteiger partial charge in [0.1, 0.15) is 5.82 Å². The van der Waals surface area contributed by atoms with E-state index in [0.29, 0.717) is 28.9 Å². The zero-order valence-corrected chi connectivity index (χ0v) is 16.6. The van der Waals surface area contributed by atoms with Crippen LogP contribution in [0.15, 0.2) is 29.1 Å². The topological polar surface area (TPSA) is 74.8 Å². The van der Waals surface area contributed by atoms with Crippen molar-refractivity contribution >= 4 is 17.5 Å². The Morgan fingerprint density at radius 2 is 2.00 bits per heavy atom. The second-order valence-corrected chi connectivity index (χ2v) is 7.95. The van der Waals surface area contributed by atoms with E-state index in [-0.39, 0.29) is 17.4 Å². The van der Waals surface area contributed by atoms with E-state index in [0.717, 1.165) is 24.1 Å². The molecule has 0 unspecified atom stereocenters. The maximum Gasteiger partial charge on any atom is 0.251 e. The van der Waals surface area contributed by atoms with Crippen LogP contribution >= 0.6 is 11.6 Å². The Hall–Kier alpha value is -2.14. The standard InChI is InChI=1S/C21H26ClN3O2/c1-13(2)21(27)23-12-14-8-9-17(22)16(10-14)20-24-18(11-19(26)25-20)15-6-4-3-5-7-15/h8-11,13,15H,3-7,12H2,1-2H3,(H,23,27)(H,24,25,26). The third kappa shape index (κ3) is 4.98. The molecule has 1 aliphatic carbocycles. The maximum absolute atomic E-state index is 12.2. The van der Waals surface area contributed by atoms with Crippen LogP contribution in [0.2, 0.25) is 5.02 Å². The average molecular weight is 388 g/mol. The van der Waals surface area contributed by atoms with Gasteiger partial charge in [0.2, 0.25) is 5.91 Å². The molecule has 2 aromatic rings. The molecule has 27 heavy (non-hydrogen) atoms. The van der Waals surface area contributed by atoms with Gasteiger partial charge in [-0.15, -0.1) is 0 Å². The molecule has 1 fully saturated rings. The Bertz CT molecular complexity index is 870. The predicted octanol–water partition coefficient (Wildman–Crippen LogP) is 4.41. The summed E-state index contributed by atoms with van der Waals surface area (Å²) in [7, 11) is 0. The van der Waals surface area contributed by atoms with E-state index in [2.05, 4.69) is 10.3 Å². The van der Waals surface area contributed by atoms with Crippen molar-refractivity contribution in [2.45, 2.75) is 58.4 Å². The fourth-order valence-electron chi connectivity index (χ4n) is 3.47. The highest BCUT2D eigenvalue weighted by molar-refractivity contribution is 6.33. The molecule has 1 saturated carbocycles. The highest BCUT2D eigenvalue weighted by atomic mass is 35.5. The van der Waals surface area contributed by atoms with Crippen LogP contribution in [0.25, 0.3) is 11.4 Å². The predicted molar refractivity (Wildman–Crippen MR) is 108 cm³/mol. The van der Waals surface area contributed by atoms with Gasteiger partial charge in [-0.1, -0.05) is 50.8 Å². The summed E-state index contributed by atoms with van der Waals surface area (Å²) in [5, 5.41) is 3.42. The monoisotopic (exact) mass is 387 g/mol. The van der Waals surface area contributed by atoms with E-state index < -0.39 is 0 Å². The normalized spacial score (nSPS) is 15.1. The van der Waals surface area contributed by atoms with Gasteiger partial charge < -0.3 is 10.3 Å². The number of benzene rings is 1. The lowest BCUT2D eigenvalue weighted by Gasteiger charge is -2.21. The second kappa shape index (κ2) is 8.70. The van der Waals surface area contributed by atoms with Crippen LogP contribution in [-0.4, -0.2) is 15.9 Å².